The maximum Gasteiger partial charge on any atom is 0.339 e. The highest BCUT2D eigenvalue weighted by molar-refractivity contribution is 6.30. The van der Waals surface area contributed by atoms with Crippen LogP contribution in [0.15, 0.2) is 53.6 Å². The molecule has 6 heteroatoms. The van der Waals surface area contributed by atoms with Gasteiger partial charge in [-0.15, -0.1) is 0 Å². The quantitative estimate of drug-likeness (QED) is 0.649. The first kappa shape index (κ1) is 14.4. The van der Waals surface area contributed by atoms with E-state index in [9.17, 15) is 4.79 Å². The summed E-state index contributed by atoms with van der Waals surface area (Å²) in [6.07, 6.45) is 1.53. The van der Waals surface area contributed by atoms with Crippen molar-refractivity contribution in [1.82, 2.24) is 5.43 Å². The summed E-state index contributed by atoms with van der Waals surface area (Å²) < 4.78 is 0. The van der Waals surface area contributed by atoms with Crippen molar-refractivity contribution in [3.8, 4) is 0 Å². The first-order valence-electron chi connectivity index (χ1n) is 5.75. The zero-order valence-electron chi connectivity index (χ0n) is 10.3. The number of hydrogen-bond donors (Lipinski definition) is 2. The predicted molar refractivity (Wildman–Crippen MR) is 82.7 cm³/mol. The number of halogens is 2. The molecule has 0 unspecified atom stereocenters. The van der Waals surface area contributed by atoms with Gasteiger partial charge in [0, 0.05) is 15.7 Å². The van der Waals surface area contributed by atoms with Crippen LogP contribution in [0.2, 0.25) is 10.0 Å². The topological polar surface area (TPSA) is 53.5 Å². The minimum absolute atomic E-state index is 0.433. The Morgan fingerprint density at radius 1 is 0.950 bits per heavy atom. The molecule has 0 heterocycles. The van der Waals surface area contributed by atoms with Crippen molar-refractivity contribution in [2.75, 3.05) is 5.32 Å². The van der Waals surface area contributed by atoms with Crippen molar-refractivity contribution in [3.63, 3.8) is 0 Å². The molecule has 2 aromatic rings. The summed E-state index contributed by atoms with van der Waals surface area (Å²) in [6, 6.07) is 13.4. The average Bonchev–Trinajstić information content (AvgIpc) is 2.44. The number of nitrogens with zero attached hydrogens (tertiary/aromatic N) is 1. The maximum atomic E-state index is 11.6. The van der Waals surface area contributed by atoms with E-state index in [1.807, 2.05) is 0 Å². The lowest BCUT2D eigenvalue weighted by Gasteiger charge is -2.03. The zero-order valence-corrected chi connectivity index (χ0v) is 11.8. The zero-order chi connectivity index (χ0) is 14.4. The highest BCUT2D eigenvalue weighted by Crippen LogP contribution is 2.13. The van der Waals surface area contributed by atoms with Gasteiger partial charge >= 0.3 is 6.03 Å². The molecule has 2 N–H and O–H groups in total. The Morgan fingerprint density at radius 2 is 1.50 bits per heavy atom. The smallest absolute Gasteiger partial charge is 0.307 e. The molecule has 0 aliphatic carbocycles. The van der Waals surface area contributed by atoms with Crippen molar-refractivity contribution < 1.29 is 4.79 Å². The molecule has 0 bridgehead atoms. The molecule has 0 aliphatic heterocycles. The molecule has 0 saturated heterocycles. The third-order valence-electron chi connectivity index (χ3n) is 2.35. The summed E-state index contributed by atoms with van der Waals surface area (Å²) in [4.78, 5) is 11.6. The van der Waals surface area contributed by atoms with Crippen molar-refractivity contribution in [3.05, 3.63) is 64.1 Å². The van der Waals surface area contributed by atoms with Crippen molar-refractivity contribution in [2.45, 2.75) is 0 Å². The number of benzene rings is 2. The van der Waals surface area contributed by atoms with Crippen LogP contribution in [0.3, 0.4) is 0 Å². The number of urea groups is 1. The second-order valence-electron chi connectivity index (χ2n) is 3.88. The molecular formula is C14H11Cl2N3O. The molecule has 102 valence electrons. The fourth-order valence-corrected chi connectivity index (χ4v) is 1.66. The standard InChI is InChI=1S/C14H11Cl2N3O/c15-11-3-1-10(2-4-11)9-17-19-14(20)18-13-7-5-12(16)6-8-13/h1-9H,(H2,18,19,20)/b17-9-. The highest BCUT2D eigenvalue weighted by atomic mass is 35.5. The summed E-state index contributed by atoms with van der Waals surface area (Å²) in [5.74, 6) is 0. The molecular weight excluding hydrogens is 297 g/mol. The third kappa shape index (κ3) is 4.57. The van der Waals surface area contributed by atoms with Crippen LogP contribution >= 0.6 is 23.2 Å². The van der Waals surface area contributed by atoms with Crippen molar-refractivity contribution >= 4 is 41.1 Å². The molecule has 20 heavy (non-hydrogen) atoms. The van der Waals surface area contributed by atoms with E-state index in [0.29, 0.717) is 15.7 Å². The first-order valence-corrected chi connectivity index (χ1v) is 6.50. The van der Waals surface area contributed by atoms with Crippen LogP contribution < -0.4 is 10.7 Å². The highest BCUT2D eigenvalue weighted by Gasteiger charge is 1.99. The lowest BCUT2D eigenvalue weighted by Crippen LogP contribution is -2.24. The Balaban J connectivity index is 1.85. The summed E-state index contributed by atoms with van der Waals surface area (Å²) in [5, 5.41) is 7.71. The van der Waals surface area contributed by atoms with E-state index >= 15 is 0 Å². The van der Waals surface area contributed by atoms with Crippen LogP contribution in [-0.2, 0) is 0 Å². The van der Waals surface area contributed by atoms with E-state index in [-0.39, 0.29) is 0 Å². The van der Waals surface area contributed by atoms with Gasteiger partial charge in [-0.25, -0.2) is 10.2 Å². The van der Waals surface area contributed by atoms with E-state index in [2.05, 4.69) is 15.8 Å². The molecule has 0 radical (unpaired) electrons. The van der Waals surface area contributed by atoms with Gasteiger partial charge < -0.3 is 5.32 Å². The molecule has 2 rings (SSSR count). The van der Waals surface area contributed by atoms with Gasteiger partial charge in [0.1, 0.15) is 0 Å². The number of hydrogen-bond acceptors (Lipinski definition) is 2. The first-order chi connectivity index (χ1) is 9.63. The third-order valence-corrected chi connectivity index (χ3v) is 2.86. The maximum absolute atomic E-state index is 11.6. The van der Waals surface area contributed by atoms with Gasteiger partial charge in [0.2, 0.25) is 0 Å². The summed E-state index contributed by atoms with van der Waals surface area (Å²) in [5.41, 5.74) is 3.83. The fourth-order valence-electron chi connectivity index (χ4n) is 1.41. The second kappa shape index (κ2) is 6.93. The normalized spacial score (nSPS) is 10.5. The van der Waals surface area contributed by atoms with Gasteiger partial charge in [-0.3, -0.25) is 0 Å². The van der Waals surface area contributed by atoms with Gasteiger partial charge in [0.05, 0.1) is 6.21 Å². The van der Waals surface area contributed by atoms with E-state index in [4.69, 9.17) is 23.2 Å². The number of carbonyl (C=O) groups excluding carboxylic acids is 1. The van der Waals surface area contributed by atoms with Crippen molar-refractivity contribution in [2.24, 2.45) is 5.10 Å². The lowest BCUT2D eigenvalue weighted by molar-refractivity contribution is 0.252. The fraction of sp³-hybridized carbons (Fsp3) is 0. The van der Waals surface area contributed by atoms with Crippen LogP contribution in [-0.4, -0.2) is 12.2 Å². The Morgan fingerprint density at radius 3 is 2.10 bits per heavy atom. The van der Waals surface area contributed by atoms with Gasteiger partial charge in [0.25, 0.3) is 0 Å². The average molecular weight is 308 g/mol. The number of nitrogens with one attached hydrogen (secondary N) is 2. The minimum atomic E-state index is -0.433. The van der Waals surface area contributed by atoms with E-state index in [1.54, 1.807) is 48.5 Å². The number of rotatable bonds is 3. The lowest BCUT2D eigenvalue weighted by atomic mass is 10.2. The largest absolute Gasteiger partial charge is 0.339 e. The number of hydrazone groups is 1. The monoisotopic (exact) mass is 307 g/mol. The summed E-state index contributed by atoms with van der Waals surface area (Å²) >= 11 is 11.5. The molecule has 0 aliphatic rings. The van der Waals surface area contributed by atoms with Gasteiger partial charge in [-0.1, -0.05) is 35.3 Å². The Kier molecular flexibility index (Phi) is 4.98. The van der Waals surface area contributed by atoms with Gasteiger partial charge in [-0.05, 0) is 42.0 Å². The Bertz CT molecular complexity index is 609. The second-order valence-corrected chi connectivity index (χ2v) is 4.76. The molecule has 2 aromatic carbocycles. The van der Waals surface area contributed by atoms with Crippen molar-refractivity contribution in [1.29, 1.82) is 0 Å². The number of amides is 2. The van der Waals surface area contributed by atoms with E-state index < -0.39 is 6.03 Å². The van der Waals surface area contributed by atoms with Crippen LogP contribution in [0, 0.1) is 0 Å². The summed E-state index contributed by atoms with van der Waals surface area (Å²) in [6.45, 7) is 0. The van der Waals surface area contributed by atoms with Gasteiger partial charge in [-0.2, -0.15) is 5.10 Å². The molecule has 2 amide bonds. The SMILES string of the molecule is O=C(N/N=C\c1ccc(Cl)cc1)Nc1ccc(Cl)cc1. The van der Waals surface area contributed by atoms with Crippen LogP contribution in [0.1, 0.15) is 5.56 Å². The number of anilines is 1. The van der Waals surface area contributed by atoms with Crippen LogP contribution in [0.5, 0.6) is 0 Å². The van der Waals surface area contributed by atoms with Crippen LogP contribution in [0.25, 0.3) is 0 Å². The predicted octanol–water partition coefficient (Wildman–Crippen LogP) is 4.15. The Labute approximate surface area is 126 Å². The minimum Gasteiger partial charge on any atom is -0.307 e. The Hall–Kier alpha value is -2.04. The molecule has 0 spiro atoms. The summed E-state index contributed by atoms with van der Waals surface area (Å²) in [7, 11) is 0. The van der Waals surface area contributed by atoms with E-state index in [1.165, 1.54) is 6.21 Å². The number of carbonyl (C=O) groups is 1. The molecule has 0 fully saturated rings. The molecule has 4 nitrogen and oxygen atoms in total. The van der Waals surface area contributed by atoms with Crippen LogP contribution in [0.4, 0.5) is 10.5 Å². The molecule has 0 aromatic heterocycles. The van der Waals surface area contributed by atoms with E-state index in [0.717, 1.165) is 5.56 Å². The molecule has 0 atom stereocenters. The molecule has 0 saturated carbocycles. The van der Waals surface area contributed by atoms with Gasteiger partial charge in [0.15, 0.2) is 0 Å².